The third kappa shape index (κ3) is 10.8. The average molecular weight is 768 g/mol. The molecule has 0 spiro atoms. The van der Waals surface area contributed by atoms with Crippen LogP contribution in [0, 0.1) is 24.6 Å². The van der Waals surface area contributed by atoms with Crippen molar-refractivity contribution in [1.82, 2.24) is 19.2 Å². The normalized spacial score (nSPS) is 21.3. The lowest BCUT2D eigenvalue weighted by Gasteiger charge is -2.45. The van der Waals surface area contributed by atoms with Gasteiger partial charge in [-0.2, -0.15) is 13.2 Å². The molecule has 15 heteroatoms. The molecule has 1 aliphatic carbocycles. The van der Waals surface area contributed by atoms with Crippen LogP contribution >= 0.6 is 12.8 Å². The molecule has 1 saturated heterocycles. The van der Waals surface area contributed by atoms with Gasteiger partial charge in [-0.15, -0.1) is 0 Å². The number of aliphatic carboxylic acids is 1. The Balaban J connectivity index is 0.000000353. The van der Waals surface area contributed by atoms with Crippen LogP contribution < -0.4 is 10.0 Å². The second kappa shape index (κ2) is 18.3. The van der Waals surface area contributed by atoms with Crippen LogP contribution in [0.15, 0.2) is 60.7 Å². The number of rotatable bonds is 6. The van der Waals surface area contributed by atoms with Crippen molar-refractivity contribution in [3.8, 4) is 11.1 Å². The molecule has 8 nitrogen and oxygen atoms in total. The zero-order valence-corrected chi connectivity index (χ0v) is 30.1. The molecule has 2 fully saturated rings. The molecule has 2 heterocycles. The number of halogens is 6. The lowest BCUT2D eigenvalue weighted by Crippen LogP contribution is -2.51. The molecule has 2 unspecified atom stereocenters. The number of nitrogens with zero attached hydrogens (tertiary/aromatic N) is 3. The van der Waals surface area contributed by atoms with E-state index in [1.165, 1.54) is 0 Å². The van der Waals surface area contributed by atoms with Crippen LogP contribution in [0.5, 0.6) is 0 Å². The van der Waals surface area contributed by atoms with Gasteiger partial charge in [0, 0.05) is 19.5 Å². The van der Waals surface area contributed by atoms with Crippen LogP contribution in [0.25, 0.3) is 22.2 Å². The number of fused-ring (bicyclic) bond motifs is 1. The van der Waals surface area contributed by atoms with Crippen LogP contribution in [0.1, 0.15) is 62.9 Å². The second-order valence-electron chi connectivity index (χ2n) is 13.2. The number of benzene rings is 3. The number of thiol groups is 1. The Kier molecular flexibility index (Phi) is 15.0. The minimum atomic E-state index is -4.58. The van der Waals surface area contributed by atoms with Gasteiger partial charge in [-0.25, -0.2) is 18.2 Å². The quantitative estimate of drug-likeness (QED) is 0.0889. The van der Waals surface area contributed by atoms with E-state index in [9.17, 15) is 41.0 Å². The second-order valence-corrected chi connectivity index (χ2v) is 13.7. The molecule has 1 saturated carbocycles. The van der Waals surface area contributed by atoms with E-state index in [2.05, 4.69) is 45.3 Å². The van der Waals surface area contributed by atoms with E-state index in [4.69, 9.17) is 0 Å². The van der Waals surface area contributed by atoms with Gasteiger partial charge in [0.05, 0.1) is 34.7 Å². The number of anilines is 1. The molecule has 2 aliphatic rings. The minimum absolute atomic E-state index is 0. The summed E-state index contributed by atoms with van der Waals surface area (Å²) in [7, 11) is 3.74. The first-order valence-electron chi connectivity index (χ1n) is 16.8. The monoisotopic (exact) mass is 767 g/mol. The molecule has 1 amide bonds. The summed E-state index contributed by atoms with van der Waals surface area (Å²) in [6.45, 7) is 4.38. The Labute approximate surface area is 311 Å². The number of carbonyl (C=O) groups excluding carboxylic acids is 1. The Hall–Kier alpha value is -4.08. The highest BCUT2D eigenvalue weighted by atomic mass is 32.1. The molecule has 53 heavy (non-hydrogen) atoms. The predicted molar refractivity (Wildman–Crippen MR) is 199 cm³/mol. The third-order valence-electron chi connectivity index (χ3n) is 9.73. The summed E-state index contributed by atoms with van der Waals surface area (Å²) >= 11 is 3.54. The van der Waals surface area contributed by atoms with Gasteiger partial charge >= 0.3 is 12.1 Å². The SMILES string of the molecule is C.CNS.Cc1nc2cc(-c3ccc([C@@H]4CC(N5CCCC(F)(F)C5)C[C@H](C)C4C(=O)O)cc3)ccc2n1C.O=CNc1ccc(C(F)(F)F)cc1F. The van der Waals surface area contributed by atoms with Crippen molar-refractivity contribution in [2.24, 2.45) is 18.9 Å². The van der Waals surface area contributed by atoms with Crippen LogP contribution in [0.3, 0.4) is 0 Å². The lowest BCUT2D eigenvalue weighted by atomic mass is 9.67. The molecule has 290 valence electrons. The molecule has 4 atom stereocenters. The molecule has 3 aromatic carbocycles. The Morgan fingerprint density at radius 3 is 2.26 bits per heavy atom. The van der Waals surface area contributed by atoms with Crippen molar-refractivity contribution in [2.45, 2.75) is 71.0 Å². The molecule has 4 aromatic rings. The number of amides is 1. The number of aromatic nitrogens is 2. The number of nitrogens with one attached hydrogen (secondary N) is 2. The van der Waals surface area contributed by atoms with Gasteiger partial charge in [0.15, 0.2) is 0 Å². The van der Waals surface area contributed by atoms with Gasteiger partial charge in [0.1, 0.15) is 11.6 Å². The van der Waals surface area contributed by atoms with E-state index in [0.29, 0.717) is 37.9 Å². The van der Waals surface area contributed by atoms with Crippen LogP contribution in [0.4, 0.5) is 32.0 Å². The van der Waals surface area contributed by atoms with Gasteiger partial charge in [0.25, 0.3) is 5.92 Å². The number of carboxylic acids is 1. The third-order valence-corrected chi connectivity index (χ3v) is 9.73. The first kappa shape index (κ1) is 43.3. The summed E-state index contributed by atoms with van der Waals surface area (Å²) in [6.07, 6.45) is -2.73. The summed E-state index contributed by atoms with van der Waals surface area (Å²) in [6, 6.07) is 16.2. The van der Waals surface area contributed by atoms with Crippen LogP contribution in [-0.4, -0.2) is 64.0 Å². The van der Waals surface area contributed by atoms with Crippen LogP contribution in [-0.2, 0) is 22.8 Å². The fourth-order valence-electron chi connectivity index (χ4n) is 7.17. The van der Waals surface area contributed by atoms with E-state index in [1.54, 1.807) is 7.05 Å². The van der Waals surface area contributed by atoms with E-state index in [0.717, 1.165) is 39.6 Å². The average Bonchev–Trinajstić information content (AvgIpc) is 3.37. The number of likely N-dealkylation sites (tertiary alicyclic amines) is 1. The number of piperidine rings is 1. The summed E-state index contributed by atoms with van der Waals surface area (Å²) < 4.78 is 81.7. The van der Waals surface area contributed by atoms with Crippen molar-refractivity contribution in [1.29, 1.82) is 0 Å². The molecular weight excluding hydrogens is 721 g/mol. The fourth-order valence-corrected chi connectivity index (χ4v) is 7.17. The number of hydrogen-bond donors (Lipinski definition) is 4. The minimum Gasteiger partial charge on any atom is -0.481 e. The van der Waals surface area contributed by atoms with Crippen molar-refractivity contribution in [2.75, 3.05) is 25.5 Å². The zero-order chi connectivity index (χ0) is 38.4. The number of aryl methyl sites for hydroxylation is 2. The van der Waals surface area contributed by atoms with Gasteiger partial charge in [-0.3, -0.25) is 19.2 Å². The van der Waals surface area contributed by atoms with Gasteiger partial charge < -0.3 is 15.0 Å². The molecular formula is C38H47F6N5O3S. The zero-order valence-electron chi connectivity index (χ0n) is 29.2. The standard InChI is InChI=1S/C28H33F2N3O2.C8H5F4NO.CH5NS.CH4/c1-17-13-22(33-12-4-11-28(29,30)16-33)15-23(26(17)27(34)35)20-7-5-19(6-8-20)21-9-10-25-24(14-21)31-18(2)32(25)3;9-6-3-5(8(10,11)12)1-2-7(6)13-4-14;1-2-3;/h5-10,14,17,22-23,26H,4,11-13,15-16H2,1-3H3,(H,34,35);1-4H,(H,13,14);2-3H,1H3;1H4/t17-,22?,23-,26?;;;/m0.../s1. The maximum atomic E-state index is 14.1. The lowest BCUT2D eigenvalue weighted by molar-refractivity contribution is -0.147. The van der Waals surface area contributed by atoms with Crippen LogP contribution in [0.2, 0.25) is 0 Å². The maximum absolute atomic E-state index is 14.1. The highest BCUT2D eigenvalue weighted by Crippen LogP contribution is 2.45. The largest absolute Gasteiger partial charge is 0.481 e. The molecule has 1 aliphatic heterocycles. The van der Waals surface area contributed by atoms with E-state index in [1.807, 2.05) is 55.4 Å². The maximum Gasteiger partial charge on any atom is 0.416 e. The Bertz CT molecular complexity index is 1840. The smallest absolute Gasteiger partial charge is 0.416 e. The number of carbonyl (C=O) groups is 2. The number of imidazole rings is 1. The molecule has 0 bridgehead atoms. The van der Waals surface area contributed by atoms with E-state index < -0.39 is 35.4 Å². The first-order valence-corrected chi connectivity index (χ1v) is 17.2. The fraction of sp³-hybridized carbons (Fsp3) is 0.447. The topological polar surface area (TPSA) is 99.5 Å². The Morgan fingerprint density at radius 2 is 1.70 bits per heavy atom. The first-order chi connectivity index (χ1) is 24.5. The number of hydrogen-bond acceptors (Lipinski definition) is 6. The molecule has 6 rings (SSSR count). The highest BCUT2D eigenvalue weighted by molar-refractivity contribution is 7.78. The van der Waals surface area contributed by atoms with Gasteiger partial charge in [-0.05, 0) is 98.6 Å². The number of alkyl halides is 5. The number of carboxylic acid groups (broad SMARTS) is 1. The van der Waals surface area contributed by atoms with E-state index in [-0.39, 0.29) is 50.4 Å². The van der Waals surface area contributed by atoms with Crippen molar-refractivity contribution >= 4 is 41.9 Å². The summed E-state index contributed by atoms with van der Waals surface area (Å²) in [5, 5.41) is 12.0. The molecule has 0 radical (unpaired) electrons. The predicted octanol–water partition coefficient (Wildman–Crippen LogP) is 8.96. The van der Waals surface area contributed by atoms with Crippen molar-refractivity contribution in [3.63, 3.8) is 0 Å². The van der Waals surface area contributed by atoms with Gasteiger partial charge in [0.2, 0.25) is 6.41 Å². The Morgan fingerprint density at radius 1 is 1.06 bits per heavy atom. The summed E-state index contributed by atoms with van der Waals surface area (Å²) in [5.74, 6) is -4.42. The molecule has 3 N–H and O–H groups in total. The van der Waals surface area contributed by atoms with Crippen molar-refractivity contribution < 1.29 is 41.0 Å². The summed E-state index contributed by atoms with van der Waals surface area (Å²) in [5.41, 5.74) is 3.72. The van der Waals surface area contributed by atoms with Gasteiger partial charge in [-0.1, -0.05) is 57.5 Å². The van der Waals surface area contributed by atoms with Crippen molar-refractivity contribution in [3.05, 3.63) is 83.4 Å². The summed E-state index contributed by atoms with van der Waals surface area (Å²) in [4.78, 5) is 28.7. The van der Waals surface area contributed by atoms with E-state index >= 15 is 0 Å². The highest BCUT2D eigenvalue weighted by Gasteiger charge is 2.45. The molecule has 1 aromatic heterocycles.